The number of nitrogens with one attached hydrogen (secondary N) is 2. The van der Waals surface area contributed by atoms with Gasteiger partial charge in [-0.3, -0.25) is 9.59 Å². The molecule has 0 fully saturated rings. The van der Waals surface area contributed by atoms with Crippen molar-refractivity contribution in [3.8, 4) is 0 Å². The first-order valence-electron chi connectivity index (χ1n) is 8.95. The van der Waals surface area contributed by atoms with E-state index in [1.807, 2.05) is 49.4 Å². The Morgan fingerprint density at radius 1 is 1.04 bits per heavy atom. The van der Waals surface area contributed by atoms with Crippen LogP contribution in [0.5, 0.6) is 0 Å². The lowest BCUT2D eigenvalue weighted by atomic mass is 9.97. The Balaban J connectivity index is 1.44. The monoisotopic (exact) mass is 352 g/mol. The van der Waals surface area contributed by atoms with Crippen molar-refractivity contribution < 1.29 is 14.3 Å². The van der Waals surface area contributed by atoms with Crippen molar-refractivity contribution in [1.82, 2.24) is 5.32 Å². The molecular formula is C21H24N2O3. The third-order valence-corrected chi connectivity index (χ3v) is 4.58. The summed E-state index contributed by atoms with van der Waals surface area (Å²) in [6.45, 7) is 3.02. The first-order valence-corrected chi connectivity index (χ1v) is 8.95. The van der Waals surface area contributed by atoms with Crippen LogP contribution in [0.2, 0.25) is 0 Å². The number of carbonyl (C=O) groups excluding carboxylic acids is 2. The van der Waals surface area contributed by atoms with Crippen LogP contribution in [0, 0.1) is 6.92 Å². The lowest BCUT2D eigenvalue weighted by molar-refractivity contribution is -0.124. The number of para-hydroxylation sites is 1. The largest absolute Gasteiger partial charge is 0.371 e. The van der Waals surface area contributed by atoms with Gasteiger partial charge in [-0.2, -0.15) is 0 Å². The molecule has 5 nitrogen and oxygen atoms in total. The molecule has 0 aliphatic carbocycles. The van der Waals surface area contributed by atoms with Gasteiger partial charge in [-0.05, 0) is 36.1 Å². The third-order valence-electron chi connectivity index (χ3n) is 4.58. The van der Waals surface area contributed by atoms with E-state index in [2.05, 4.69) is 16.7 Å². The Hall–Kier alpha value is -2.66. The molecule has 5 heteroatoms. The predicted octanol–water partition coefficient (Wildman–Crippen LogP) is 3.14. The average molecular weight is 352 g/mol. The van der Waals surface area contributed by atoms with Crippen molar-refractivity contribution in [2.45, 2.75) is 32.3 Å². The maximum absolute atomic E-state index is 12.1. The molecule has 0 spiro atoms. The van der Waals surface area contributed by atoms with Gasteiger partial charge in [0.1, 0.15) is 6.10 Å². The maximum Gasteiger partial charge on any atom is 0.224 e. The molecular weight excluding hydrogens is 328 g/mol. The molecule has 1 atom stereocenters. The smallest absolute Gasteiger partial charge is 0.224 e. The van der Waals surface area contributed by atoms with Gasteiger partial charge in [0, 0.05) is 25.1 Å². The molecule has 0 saturated carbocycles. The molecule has 136 valence electrons. The number of amides is 2. The molecule has 26 heavy (non-hydrogen) atoms. The van der Waals surface area contributed by atoms with Gasteiger partial charge in [0.15, 0.2) is 0 Å². The molecule has 0 radical (unpaired) electrons. The highest BCUT2D eigenvalue weighted by atomic mass is 16.5. The number of anilines is 1. The van der Waals surface area contributed by atoms with Crippen molar-refractivity contribution in [3.05, 3.63) is 65.2 Å². The number of ether oxygens (including phenoxy) is 1. The summed E-state index contributed by atoms with van der Waals surface area (Å²) in [7, 11) is 0. The summed E-state index contributed by atoms with van der Waals surface area (Å²) < 4.78 is 5.78. The summed E-state index contributed by atoms with van der Waals surface area (Å²) in [6.07, 6.45) is 1.10. The van der Waals surface area contributed by atoms with Gasteiger partial charge in [-0.25, -0.2) is 0 Å². The quantitative estimate of drug-likeness (QED) is 0.839. The van der Waals surface area contributed by atoms with Crippen LogP contribution >= 0.6 is 0 Å². The zero-order valence-corrected chi connectivity index (χ0v) is 15.0. The summed E-state index contributed by atoms with van der Waals surface area (Å²) in [4.78, 5) is 24.1. The molecule has 2 N–H and O–H groups in total. The van der Waals surface area contributed by atoms with Crippen LogP contribution < -0.4 is 10.6 Å². The molecule has 2 amide bonds. The number of hydrogen-bond donors (Lipinski definition) is 2. The normalized spacial score (nSPS) is 15.8. The number of fused-ring (bicyclic) bond motifs is 1. The topological polar surface area (TPSA) is 67.4 Å². The van der Waals surface area contributed by atoms with Gasteiger partial charge in [0.05, 0.1) is 6.61 Å². The summed E-state index contributed by atoms with van der Waals surface area (Å²) in [5, 5.41) is 5.72. The number of carbonyl (C=O) groups is 2. The van der Waals surface area contributed by atoms with Crippen molar-refractivity contribution in [3.63, 3.8) is 0 Å². The first-order chi connectivity index (χ1) is 12.6. The number of aryl methyl sites for hydroxylation is 1. The zero-order valence-electron chi connectivity index (χ0n) is 15.0. The van der Waals surface area contributed by atoms with Gasteiger partial charge in [-0.1, -0.05) is 42.5 Å². The maximum atomic E-state index is 12.1. The van der Waals surface area contributed by atoms with E-state index in [0.717, 1.165) is 23.2 Å². The van der Waals surface area contributed by atoms with Gasteiger partial charge in [0.2, 0.25) is 11.8 Å². The Kier molecular flexibility index (Phi) is 6.02. The van der Waals surface area contributed by atoms with Crippen molar-refractivity contribution in [1.29, 1.82) is 0 Å². The van der Waals surface area contributed by atoms with Gasteiger partial charge in [-0.15, -0.1) is 0 Å². The summed E-state index contributed by atoms with van der Waals surface area (Å²) >= 11 is 0. The Morgan fingerprint density at radius 2 is 1.77 bits per heavy atom. The number of benzene rings is 2. The summed E-state index contributed by atoms with van der Waals surface area (Å²) in [5.74, 6) is -0.301. The van der Waals surface area contributed by atoms with E-state index in [4.69, 9.17) is 4.74 Å². The highest BCUT2D eigenvalue weighted by molar-refractivity contribution is 5.93. The van der Waals surface area contributed by atoms with Gasteiger partial charge in [0.25, 0.3) is 0 Å². The lowest BCUT2D eigenvalue weighted by Gasteiger charge is -2.26. The van der Waals surface area contributed by atoms with Crippen molar-refractivity contribution >= 4 is 17.5 Å². The van der Waals surface area contributed by atoms with E-state index < -0.39 is 0 Å². The number of rotatable bonds is 6. The van der Waals surface area contributed by atoms with Crippen LogP contribution in [0.1, 0.15) is 35.6 Å². The van der Waals surface area contributed by atoms with Gasteiger partial charge < -0.3 is 15.4 Å². The van der Waals surface area contributed by atoms with Crippen LogP contribution in [-0.4, -0.2) is 25.0 Å². The van der Waals surface area contributed by atoms with E-state index in [0.29, 0.717) is 13.2 Å². The zero-order chi connectivity index (χ0) is 18.4. The van der Waals surface area contributed by atoms with E-state index >= 15 is 0 Å². The fourth-order valence-corrected chi connectivity index (χ4v) is 3.09. The van der Waals surface area contributed by atoms with Crippen LogP contribution in [0.3, 0.4) is 0 Å². The highest BCUT2D eigenvalue weighted by Gasteiger charge is 2.20. The lowest BCUT2D eigenvalue weighted by Crippen LogP contribution is -2.32. The Labute approximate surface area is 153 Å². The van der Waals surface area contributed by atoms with Crippen molar-refractivity contribution in [2.75, 3.05) is 18.5 Å². The van der Waals surface area contributed by atoms with Crippen LogP contribution in [-0.2, 0) is 20.7 Å². The first kappa shape index (κ1) is 18.1. The Bertz CT molecular complexity index is 788. The van der Waals surface area contributed by atoms with Crippen molar-refractivity contribution in [2.24, 2.45) is 0 Å². The SMILES string of the molecule is Cc1ccccc1NC(=O)CCC(=O)NC[C@@H]1OCCc2ccccc21. The average Bonchev–Trinajstić information content (AvgIpc) is 2.66. The molecule has 3 rings (SSSR count). The molecule has 0 saturated heterocycles. The van der Waals surface area contributed by atoms with Gasteiger partial charge >= 0.3 is 0 Å². The summed E-state index contributed by atoms with van der Waals surface area (Å²) in [6, 6.07) is 15.7. The molecule has 2 aromatic carbocycles. The predicted molar refractivity (Wildman–Crippen MR) is 101 cm³/mol. The second-order valence-corrected chi connectivity index (χ2v) is 6.48. The van der Waals surface area contributed by atoms with Crippen LogP contribution in [0.15, 0.2) is 48.5 Å². The summed E-state index contributed by atoms with van der Waals surface area (Å²) in [5.41, 5.74) is 4.19. The Morgan fingerprint density at radius 3 is 2.62 bits per heavy atom. The third kappa shape index (κ3) is 4.70. The molecule has 1 heterocycles. The fraction of sp³-hybridized carbons (Fsp3) is 0.333. The van der Waals surface area contributed by atoms with Crippen LogP contribution in [0.25, 0.3) is 0 Å². The highest BCUT2D eigenvalue weighted by Crippen LogP contribution is 2.26. The minimum Gasteiger partial charge on any atom is -0.371 e. The molecule has 2 aromatic rings. The molecule has 1 aliphatic rings. The van der Waals surface area contributed by atoms with E-state index in [9.17, 15) is 9.59 Å². The van der Waals surface area contributed by atoms with E-state index in [1.54, 1.807) is 0 Å². The second-order valence-electron chi connectivity index (χ2n) is 6.48. The standard InChI is InChI=1S/C21H24N2O3/c1-15-6-2-5-9-18(15)23-21(25)11-10-20(24)22-14-19-17-8-4-3-7-16(17)12-13-26-19/h2-9,19H,10-14H2,1H3,(H,22,24)(H,23,25)/t19-/m0/s1. The second kappa shape index (κ2) is 8.63. The fourth-order valence-electron chi connectivity index (χ4n) is 3.09. The minimum absolute atomic E-state index is 0.121. The molecule has 0 bridgehead atoms. The van der Waals surface area contributed by atoms with Crippen LogP contribution in [0.4, 0.5) is 5.69 Å². The van der Waals surface area contributed by atoms with E-state index in [1.165, 1.54) is 5.56 Å². The molecule has 0 unspecified atom stereocenters. The number of hydrogen-bond acceptors (Lipinski definition) is 3. The minimum atomic E-state index is -0.159. The molecule has 1 aliphatic heterocycles. The molecule has 0 aromatic heterocycles. The van der Waals surface area contributed by atoms with E-state index in [-0.39, 0.29) is 30.8 Å².